The fourth-order valence-corrected chi connectivity index (χ4v) is 2.39. The standard InChI is InChI=1S/C14H20ClN3O/c1-3-16-13-5-4-11(15)10-12(13)14(19)18-8-6-17(2)7-9-18/h4-5,10,16H,3,6-9H2,1-2H3. The minimum atomic E-state index is 0.0616. The first-order valence-corrected chi connectivity index (χ1v) is 7.01. The maximum atomic E-state index is 12.6. The van der Waals surface area contributed by atoms with E-state index in [9.17, 15) is 4.79 Å². The predicted octanol–water partition coefficient (Wildman–Crippen LogP) is 2.16. The molecule has 0 unspecified atom stereocenters. The number of hydrogen-bond donors (Lipinski definition) is 1. The molecule has 1 aliphatic heterocycles. The van der Waals surface area contributed by atoms with Crippen LogP contribution in [0.2, 0.25) is 5.02 Å². The third-order valence-electron chi connectivity index (χ3n) is 3.37. The number of hydrogen-bond acceptors (Lipinski definition) is 3. The van der Waals surface area contributed by atoms with Crippen LogP contribution in [0, 0.1) is 0 Å². The summed E-state index contributed by atoms with van der Waals surface area (Å²) in [4.78, 5) is 16.7. The maximum Gasteiger partial charge on any atom is 0.256 e. The highest BCUT2D eigenvalue weighted by Gasteiger charge is 2.22. The minimum Gasteiger partial charge on any atom is -0.385 e. The Balaban J connectivity index is 2.20. The molecule has 1 aliphatic rings. The summed E-state index contributed by atoms with van der Waals surface area (Å²) in [5.74, 6) is 0.0616. The molecule has 1 saturated heterocycles. The minimum absolute atomic E-state index is 0.0616. The Morgan fingerprint density at radius 1 is 1.32 bits per heavy atom. The zero-order valence-electron chi connectivity index (χ0n) is 11.4. The van der Waals surface area contributed by atoms with E-state index in [1.807, 2.05) is 17.9 Å². The van der Waals surface area contributed by atoms with E-state index < -0.39 is 0 Å². The maximum absolute atomic E-state index is 12.6. The molecule has 0 radical (unpaired) electrons. The molecule has 19 heavy (non-hydrogen) atoms. The molecule has 1 heterocycles. The van der Waals surface area contributed by atoms with Crippen LogP contribution in [-0.2, 0) is 0 Å². The van der Waals surface area contributed by atoms with E-state index in [0.29, 0.717) is 10.6 Å². The van der Waals surface area contributed by atoms with Crippen LogP contribution in [0.5, 0.6) is 0 Å². The number of carbonyl (C=O) groups is 1. The lowest BCUT2D eigenvalue weighted by atomic mass is 10.1. The van der Waals surface area contributed by atoms with Gasteiger partial charge in [-0.25, -0.2) is 0 Å². The van der Waals surface area contributed by atoms with Crippen molar-refractivity contribution in [2.24, 2.45) is 0 Å². The van der Waals surface area contributed by atoms with Crippen molar-refractivity contribution in [1.82, 2.24) is 9.80 Å². The van der Waals surface area contributed by atoms with Gasteiger partial charge in [0.1, 0.15) is 0 Å². The van der Waals surface area contributed by atoms with Crippen LogP contribution < -0.4 is 5.32 Å². The normalized spacial score (nSPS) is 16.5. The monoisotopic (exact) mass is 281 g/mol. The van der Waals surface area contributed by atoms with Gasteiger partial charge in [0.15, 0.2) is 0 Å². The third-order valence-corrected chi connectivity index (χ3v) is 3.60. The number of likely N-dealkylation sites (N-methyl/N-ethyl adjacent to an activating group) is 1. The fraction of sp³-hybridized carbons (Fsp3) is 0.500. The second-order valence-electron chi connectivity index (χ2n) is 4.82. The number of rotatable bonds is 3. The zero-order valence-corrected chi connectivity index (χ0v) is 12.2. The molecule has 0 saturated carbocycles. The van der Waals surface area contributed by atoms with Gasteiger partial charge in [-0.15, -0.1) is 0 Å². The SMILES string of the molecule is CCNc1ccc(Cl)cc1C(=O)N1CCN(C)CC1. The van der Waals surface area contributed by atoms with Crippen molar-refractivity contribution in [3.63, 3.8) is 0 Å². The Hall–Kier alpha value is -1.26. The van der Waals surface area contributed by atoms with E-state index in [2.05, 4.69) is 17.3 Å². The van der Waals surface area contributed by atoms with Gasteiger partial charge < -0.3 is 15.1 Å². The summed E-state index contributed by atoms with van der Waals surface area (Å²) in [7, 11) is 2.07. The Labute approximate surface area is 119 Å². The molecular weight excluding hydrogens is 262 g/mol. The van der Waals surface area contributed by atoms with Gasteiger partial charge in [-0.3, -0.25) is 4.79 Å². The van der Waals surface area contributed by atoms with Crippen LogP contribution in [0.4, 0.5) is 5.69 Å². The molecule has 2 rings (SSSR count). The van der Waals surface area contributed by atoms with Crippen molar-refractivity contribution >= 4 is 23.2 Å². The van der Waals surface area contributed by atoms with E-state index in [0.717, 1.165) is 38.4 Å². The first-order chi connectivity index (χ1) is 9.11. The smallest absolute Gasteiger partial charge is 0.256 e. The topological polar surface area (TPSA) is 35.6 Å². The van der Waals surface area contributed by atoms with Gasteiger partial charge in [0, 0.05) is 43.4 Å². The van der Waals surface area contributed by atoms with Crippen molar-refractivity contribution < 1.29 is 4.79 Å². The van der Waals surface area contributed by atoms with Crippen LogP contribution in [0.3, 0.4) is 0 Å². The van der Waals surface area contributed by atoms with Gasteiger partial charge in [-0.2, -0.15) is 0 Å². The Bertz CT molecular complexity index is 456. The van der Waals surface area contributed by atoms with Crippen molar-refractivity contribution in [3.8, 4) is 0 Å². The first-order valence-electron chi connectivity index (χ1n) is 6.63. The molecule has 1 aromatic carbocycles. The van der Waals surface area contributed by atoms with E-state index in [4.69, 9.17) is 11.6 Å². The van der Waals surface area contributed by atoms with Crippen LogP contribution in [0.1, 0.15) is 17.3 Å². The molecule has 5 heteroatoms. The summed E-state index contributed by atoms with van der Waals surface area (Å²) in [5.41, 5.74) is 1.52. The number of carbonyl (C=O) groups excluding carboxylic acids is 1. The van der Waals surface area contributed by atoms with Crippen molar-refractivity contribution in [2.75, 3.05) is 45.1 Å². The highest BCUT2D eigenvalue weighted by atomic mass is 35.5. The molecule has 0 aliphatic carbocycles. The summed E-state index contributed by atoms with van der Waals surface area (Å²) < 4.78 is 0. The second kappa shape index (κ2) is 6.26. The summed E-state index contributed by atoms with van der Waals surface area (Å²) in [6.45, 7) is 6.18. The van der Waals surface area contributed by atoms with E-state index >= 15 is 0 Å². The molecule has 104 valence electrons. The lowest BCUT2D eigenvalue weighted by Gasteiger charge is -2.32. The largest absolute Gasteiger partial charge is 0.385 e. The fourth-order valence-electron chi connectivity index (χ4n) is 2.22. The molecule has 0 bridgehead atoms. The van der Waals surface area contributed by atoms with Gasteiger partial charge in [0.05, 0.1) is 5.56 Å². The molecule has 1 aromatic rings. The van der Waals surface area contributed by atoms with Crippen LogP contribution in [0.15, 0.2) is 18.2 Å². The van der Waals surface area contributed by atoms with Crippen LogP contribution >= 0.6 is 11.6 Å². The van der Waals surface area contributed by atoms with Gasteiger partial charge in [-0.05, 0) is 32.2 Å². The summed E-state index contributed by atoms with van der Waals surface area (Å²) in [6.07, 6.45) is 0. The quantitative estimate of drug-likeness (QED) is 0.922. The third kappa shape index (κ3) is 3.39. The van der Waals surface area contributed by atoms with E-state index in [1.54, 1.807) is 12.1 Å². The van der Waals surface area contributed by atoms with Crippen LogP contribution in [0.25, 0.3) is 0 Å². The average Bonchev–Trinajstić information content (AvgIpc) is 2.41. The molecule has 0 spiro atoms. The van der Waals surface area contributed by atoms with Gasteiger partial charge >= 0.3 is 0 Å². The molecule has 1 fully saturated rings. The first kappa shape index (κ1) is 14.2. The number of nitrogens with zero attached hydrogens (tertiary/aromatic N) is 2. The Morgan fingerprint density at radius 3 is 2.63 bits per heavy atom. The summed E-state index contributed by atoms with van der Waals surface area (Å²) >= 11 is 6.02. The van der Waals surface area contributed by atoms with Crippen LogP contribution in [-0.4, -0.2) is 55.5 Å². The van der Waals surface area contributed by atoms with Gasteiger partial charge in [0.2, 0.25) is 0 Å². The van der Waals surface area contributed by atoms with E-state index in [-0.39, 0.29) is 5.91 Å². The lowest BCUT2D eigenvalue weighted by Crippen LogP contribution is -2.47. The van der Waals surface area contributed by atoms with Gasteiger partial charge in [-0.1, -0.05) is 11.6 Å². The molecule has 0 aromatic heterocycles. The summed E-state index contributed by atoms with van der Waals surface area (Å²) in [6, 6.07) is 5.43. The predicted molar refractivity (Wildman–Crippen MR) is 79.0 cm³/mol. The van der Waals surface area contributed by atoms with Crippen molar-refractivity contribution in [3.05, 3.63) is 28.8 Å². The Morgan fingerprint density at radius 2 is 2.00 bits per heavy atom. The lowest BCUT2D eigenvalue weighted by molar-refractivity contribution is 0.0665. The molecule has 1 amide bonds. The van der Waals surface area contributed by atoms with Crippen molar-refractivity contribution in [1.29, 1.82) is 0 Å². The average molecular weight is 282 g/mol. The van der Waals surface area contributed by atoms with E-state index in [1.165, 1.54) is 0 Å². The number of halogens is 1. The highest BCUT2D eigenvalue weighted by Crippen LogP contribution is 2.22. The summed E-state index contributed by atoms with van der Waals surface area (Å²) in [5, 5.41) is 3.81. The number of nitrogens with one attached hydrogen (secondary N) is 1. The molecular formula is C14H20ClN3O. The number of piperazine rings is 1. The zero-order chi connectivity index (χ0) is 13.8. The number of anilines is 1. The Kier molecular flexibility index (Phi) is 4.66. The number of amides is 1. The highest BCUT2D eigenvalue weighted by molar-refractivity contribution is 6.31. The molecule has 4 nitrogen and oxygen atoms in total. The van der Waals surface area contributed by atoms with Crippen molar-refractivity contribution in [2.45, 2.75) is 6.92 Å². The second-order valence-corrected chi connectivity index (χ2v) is 5.25. The number of benzene rings is 1. The molecule has 1 N–H and O–H groups in total. The van der Waals surface area contributed by atoms with Gasteiger partial charge in [0.25, 0.3) is 5.91 Å². The molecule has 0 atom stereocenters.